The summed E-state index contributed by atoms with van der Waals surface area (Å²) in [7, 11) is -3.22. The van der Waals surface area contributed by atoms with Crippen LogP contribution in [0, 0.1) is 5.82 Å². The molecule has 0 heterocycles. The van der Waals surface area contributed by atoms with Gasteiger partial charge in [0.2, 0.25) is 10.0 Å². The van der Waals surface area contributed by atoms with E-state index in [9.17, 15) is 17.6 Å². The number of sulfonamides is 1. The largest absolute Gasteiger partial charge is 0.352 e. The highest BCUT2D eigenvalue weighted by Gasteiger charge is 2.15. The Morgan fingerprint density at radius 2 is 2.10 bits per heavy atom. The zero-order valence-corrected chi connectivity index (χ0v) is 14.3. The molecule has 0 aromatic heterocycles. The third-order valence-electron chi connectivity index (χ3n) is 2.89. The van der Waals surface area contributed by atoms with E-state index in [0.717, 1.165) is 6.26 Å². The van der Waals surface area contributed by atoms with Crippen molar-refractivity contribution < 1.29 is 17.6 Å². The molecule has 5 nitrogen and oxygen atoms in total. The van der Waals surface area contributed by atoms with Crippen LogP contribution in [-0.4, -0.2) is 44.5 Å². The first kappa shape index (κ1) is 18.1. The van der Waals surface area contributed by atoms with Crippen LogP contribution in [0.15, 0.2) is 22.7 Å². The van der Waals surface area contributed by atoms with Gasteiger partial charge in [-0.2, -0.15) is 0 Å². The second kappa shape index (κ2) is 7.86. The fraction of sp³-hybridized carbons (Fsp3) is 0.462. The van der Waals surface area contributed by atoms with Crippen molar-refractivity contribution in [2.75, 3.05) is 25.9 Å². The highest BCUT2D eigenvalue weighted by molar-refractivity contribution is 9.10. The molecule has 0 unspecified atom stereocenters. The highest BCUT2D eigenvalue weighted by atomic mass is 79.9. The lowest BCUT2D eigenvalue weighted by Gasteiger charge is -2.17. The maximum absolute atomic E-state index is 13.3. The third-order valence-corrected chi connectivity index (χ3v) is 5.07. The van der Waals surface area contributed by atoms with Gasteiger partial charge in [-0.25, -0.2) is 17.1 Å². The summed E-state index contributed by atoms with van der Waals surface area (Å²) in [5, 5.41) is 2.64. The van der Waals surface area contributed by atoms with Crippen molar-refractivity contribution in [3.63, 3.8) is 0 Å². The predicted molar refractivity (Wildman–Crippen MR) is 83.1 cm³/mol. The lowest BCUT2D eigenvalue weighted by atomic mass is 10.2. The summed E-state index contributed by atoms with van der Waals surface area (Å²) in [6.45, 7) is 2.79. The average molecular weight is 381 g/mol. The molecule has 1 amide bonds. The lowest BCUT2D eigenvalue weighted by molar-refractivity contribution is 0.0951. The maximum atomic E-state index is 13.3. The highest BCUT2D eigenvalue weighted by Crippen LogP contribution is 2.20. The topological polar surface area (TPSA) is 66.5 Å². The molecule has 0 bridgehead atoms. The molecule has 0 saturated heterocycles. The molecule has 1 rings (SSSR count). The average Bonchev–Trinajstić information content (AvgIpc) is 2.40. The number of nitrogens with zero attached hydrogens (tertiary/aromatic N) is 1. The number of hydrogen-bond acceptors (Lipinski definition) is 3. The number of carbonyl (C=O) groups is 1. The van der Waals surface area contributed by atoms with Crippen molar-refractivity contribution >= 4 is 31.9 Å². The number of benzene rings is 1. The van der Waals surface area contributed by atoms with Crippen LogP contribution in [0.3, 0.4) is 0 Å². The molecule has 0 aliphatic heterocycles. The van der Waals surface area contributed by atoms with E-state index in [1.807, 2.05) is 0 Å². The zero-order chi connectivity index (χ0) is 16.0. The van der Waals surface area contributed by atoms with E-state index in [-0.39, 0.29) is 10.0 Å². The fourth-order valence-electron chi connectivity index (χ4n) is 1.79. The van der Waals surface area contributed by atoms with Gasteiger partial charge in [-0.15, -0.1) is 0 Å². The molecule has 1 N–H and O–H groups in total. The number of amides is 1. The van der Waals surface area contributed by atoms with Crippen LogP contribution in [-0.2, 0) is 10.0 Å². The van der Waals surface area contributed by atoms with E-state index in [0.29, 0.717) is 26.1 Å². The molecule has 0 saturated carbocycles. The van der Waals surface area contributed by atoms with E-state index in [1.165, 1.54) is 22.5 Å². The maximum Gasteiger partial charge on any atom is 0.252 e. The Labute approximate surface area is 132 Å². The monoisotopic (exact) mass is 380 g/mol. The van der Waals surface area contributed by atoms with Gasteiger partial charge in [0.15, 0.2) is 0 Å². The van der Waals surface area contributed by atoms with Crippen LogP contribution in [0.1, 0.15) is 23.7 Å². The van der Waals surface area contributed by atoms with E-state index in [4.69, 9.17) is 0 Å². The molecule has 1 aromatic rings. The molecule has 0 radical (unpaired) electrons. The van der Waals surface area contributed by atoms with Gasteiger partial charge in [-0.1, -0.05) is 13.0 Å². The smallest absolute Gasteiger partial charge is 0.252 e. The second-order valence-electron chi connectivity index (χ2n) is 4.47. The summed E-state index contributed by atoms with van der Waals surface area (Å²) < 4.78 is 37.5. The minimum Gasteiger partial charge on any atom is -0.352 e. The Balaban J connectivity index is 2.49. The number of nitrogens with one attached hydrogen (secondary N) is 1. The number of rotatable bonds is 7. The third kappa shape index (κ3) is 5.37. The molecule has 21 heavy (non-hydrogen) atoms. The number of halogens is 2. The Morgan fingerprint density at radius 3 is 2.67 bits per heavy atom. The predicted octanol–water partition coefficient (Wildman–Crippen LogP) is 1.99. The van der Waals surface area contributed by atoms with E-state index < -0.39 is 21.7 Å². The molecular formula is C13H18BrFN2O3S. The zero-order valence-electron chi connectivity index (χ0n) is 11.9. The van der Waals surface area contributed by atoms with Crippen molar-refractivity contribution in [3.05, 3.63) is 34.1 Å². The quantitative estimate of drug-likeness (QED) is 0.735. The summed E-state index contributed by atoms with van der Waals surface area (Å²) in [6.07, 6.45) is 1.64. The van der Waals surface area contributed by atoms with Crippen molar-refractivity contribution in [1.82, 2.24) is 9.62 Å². The van der Waals surface area contributed by atoms with E-state index >= 15 is 0 Å². The minimum atomic E-state index is -3.22. The Kier molecular flexibility index (Phi) is 6.76. The van der Waals surface area contributed by atoms with Crippen LogP contribution in [0.4, 0.5) is 4.39 Å². The number of carbonyl (C=O) groups excluding carboxylic acids is 1. The molecule has 0 spiro atoms. The molecular weight excluding hydrogens is 363 g/mol. The SMILES string of the molecule is CCN(CCCNC(=O)c1cccc(F)c1Br)S(C)(=O)=O. The summed E-state index contributed by atoms with van der Waals surface area (Å²) in [4.78, 5) is 11.9. The van der Waals surface area contributed by atoms with Gasteiger partial charge in [-0.3, -0.25) is 4.79 Å². The second-order valence-corrected chi connectivity index (χ2v) is 7.24. The Morgan fingerprint density at radius 1 is 1.43 bits per heavy atom. The Hall–Kier alpha value is -0.990. The van der Waals surface area contributed by atoms with Crippen molar-refractivity contribution in [3.8, 4) is 0 Å². The summed E-state index contributed by atoms with van der Waals surface area (Å²) in [6, 6.07) is 4.22. The summed E-state index contributed by atoms with van der Waals surface area (Å²) in [5.41, 5.74) is 0.213. The van der Waals surface area contributed by atoms with Gasteiger partial charge >= 0.3 is 0 Å². The lowest BCUT2D eigenvalue weighted by Crippen LogP contribution is -2.33. The van der Waals surface area contributed by atoms with Gasteiger partial charge in [0.25, 0.3) is 5.91 Å². The molecule has 0 aliphatic rings. The van der Waals surface area contributed by atoms with Crippen molar-refractivity contribution in [2.24, 2.45) is 0 Å². The fourth-order valence-corrected chi connectivity index (χ4v) is 3.16. The minimum absolute atomic E-state index is 0.119. The summed E-state index contributed by atoms with van der Waals surface area (Å²) in [5.74, 6) is -0.902. The molecule has 0 fully saturated rings. The van der Waals surface area contributed by atoms with Gasteiger partial charge in [0.05, 0.1) is 16.3 Å². The van der Waals surface area contributed by atoms with Crippen LogP contribution >= 0.6 is 15.9 Å². The van der Waals surface area contributed by atoms with Crippen LogP contribution < -0.4 is 5.32 Å². The first-order valence-electron chi connectivity index (χ1n) is 6.44. The first-order chi connectivity index (χ1) is 9.77. The van der Waals surface area contributed by atoms with Crippen molar-refractivity contribution in [2.45, 2.75) is 13.3 Å². The molecule has 8 heteroatoms. The van der Waals surface area contributed by atoms with Gasteiger partial charge in [-0.05, 0) is 34.5 Å². The molecule has 0 atom stereocenters. The normalized spacial score (nSPS) is 11.7. The van der Waals surface area contributed by atoms with Crippen LogP contribution in [0.5, 0.6) is 0 Å². The van der Waals surface area contributed by atoms with Gasteiger partial charge in [0.1, 0.15) is 5.82 Å². The molecule has 0 aliphatic carbocycles. The van der Waals surface area contributed by atoms with Crippen molar-refractivity contribution in [1.29, 1.82) is 0 Å². The first-order valence-corrected chi connectivity index (χ1v) is 9.08. The molecule has 118 valence electrons. The standard InChI is InChI=1S/C13H18BrFN2O3S/c1-3-17(21(2,19)20)9-5-8-16-13(18)10-6-4-7-11(15)12(10)14/h4,6-7H,3,5,8-9H2,1-2H3,(H,16,18). The van der Waals surface area contributed by atoms with Crippen LogP contribution in [0.25, 0.3) is 0 Å². The summed E-state index contributed by atoms with van der Waals surface area (Å²) >= 11 is 3.03. The Bertz CT molecular complexity index is 607. The van der Waals surface area contributed by atoms with Gasteiger partial charge < -0.3 is 5.32 Å². The van der Waals surface area contributed by atoms with Crippen LogP contribution in [0.2, 0.25) is 0 Å². The molecule has 1 aromatic carbocycles. The van der Waals surface area contributed by atoms with E-state index in [2.05, 4.69) is 21.2 Å². The van der Waals surface area contributed by atoms with Gasteiger partial charge in [0, 0.05) is 19.6 Å². The number of hydrogen-bond donors (Lipinski definition) is 1. The van der Waals surface area contributed by atoms with E-state index in [1.54, 1.807) is 6.92 Å².